The Morgan fingerprint density at radius 2 is 2.00 bits per heavy atom. The van der Waals surface area contributed by atoms with Gasteiger partial charge in [-0.3, -0.25) is 0 Å². The van der Waals surface area contributed by atoms with Gasteiger partial charge in [-0.05, 0) is 35.6 Å². The summed E-state index contributed by atoms with van der Waals surface area (Å²) in [5.41, 5.74) is 4.02. The lowest BCUT2D eigenvalue weighted by Gasteiger charge is -2.08. The van der Waals surface area contributed by atoms with Crippen molar-refractivity contribution >= 4 is 5.97 Å². The maximum atomic E-state index is 11.7. The first kappa shape index (κ1) is 16.7. The average molecular weight is 308 g/mol. The van der Waals surface area contributed by atoms with E-state index >= 15 is 0 Å². The molecule has 23 heavy (non-hydrogen) atoms. The Labute approximate surface area is 136 Å². The minimum atomic E-state index is -0.517. The second-order valence-electron chi connectivity index (χ2n) is 5.36. The van der Waals surface area contributed by atoms with Crippen molar-refractivity contribution in [1.82, 2.24) is 4.98 Å². The third-order valence-electron chi connectivity index (χ3n) is 3.72. The summed E-state index contributed by atoms with van der Waals surface area (Å²) in [6.07, 6.45) is 5.21. The van der Waals surface area contributed by atoms with Gasteiger partial charge in [0.15, 0.2) is 5.69 Å². The fourth-order valence-corrected chi connectivity index (χ4v) is 2.41. The molecule has 0 saturated carbocycles. The van der Waals surface area contributed by atoms with Crippen LogP contribution in [0.1, 0.15) is 41.4 Å². The van der Waals surface area contributed by atoms with Crippen LogP contribution >= 0.6 is 0 Å². The maximum Gasteiger partial charge on any atom is 0.356 e. The highest BCUT2D eigenvalue weighted by molar-refractivity contribution is 5.89. The second-order valence-corrected chi connectivity index (χ2v) is 5.36. The number of methoxy groups -OCH3 is 1. The summed E-state index contributed by atoms with van der Waals surface area (Å²) in [6, 6.07) is 12.2. The van der Waals surface area contributed by atoms with Crippen molar-refractivity contribution in [2.45, 2.75) is 32.6 Å². The highest BCUT2D eigenvalue weighted by atomic mass is 16.5. The van der Waals surface area contributed by atoms with Gasteiger partial charge in [-0.15, -0.1) is 0 Å². The summed E-state index contributed by atoms with van der Waals surface area (Å²) in [5, 5.41) is 8.95. The third kappa shape index (κ3) is 4.17. The molecule has 0 saturated heterocycles. The van der Waals surface area contributed by atoms with Crippen molar-refractivity contribution in [3.05, 3.63) is 53.3 Å². The molecule has 0 aliphatic carbocycles. The highest BCUT2D eigenvalue weighted by Crippen LogP contribution is 2.23. The van der Waals surface area contributed by atoms with Crippen LogP contribution in [-0.4, -0.2) is 18.1 Å². The molecule has 118 valence electrons. The molecule has 2 rings (SSSR count). The van der Waals surface area contributed by atoms with Crippen LogP contribution in [0.3, 0.4) is 0 Å². The van der Waals surface area contributed by atoms with Crippen LogP contribution < -0.4 is 0 Å². The quantitative estimate of drug-likeness (QED) is 0.758. The summed E-state index contributed by atoms with van der Waals surface area (Å²) in [5.74, 6) is -0.517. The van der Waals surface area contributed by atoms with Gasteiger partial charge in [0.05, 0.1) is 19.6 Å². The third-order valence-corrected chi connectivity index (χ3v) is 3.72. The van der Waals surface area contributed by atoms with Crippen LogP contribution in [0.5, 0.6) is 0 Å². The van der Waals surface area contributed by atoms with Crippen molar-refractivity contribution in [1.29, 1.82) is 5.26 Å². The van der Waals surface area contributed by atoms with Crippen molar-refractivity contribution in [3.63, 3.8) is 0 Å². The predicted octanol–water partition coefficient (Wildman–Crippen LogP) is 3.94. The molecule has 0 bridgehead atoms. The Bertz CT molecular complexity index is 715. The van der Waals surface area contributed by atoms with Crippen LogP contribution in [-0.2, 0) is 17.6 Å². The molecular weight excluding hydrogens is 288 g/mol. The first-order valence-electron chi connectivity index (χ1n) is 7.73. The number of rotatable bonds is 6. The number of nitrogens with zero attached hydrogens (tertiary/aromatic N) is 2. The number of hydrogen-bond acceptors (Lipinski definition) is 4. The molecule has 0 unspecified atom stereocenters. The molecule has 0 aliphatic heterocycles. The summed E-state index contributed by atoms with van der Waals surface area (Å²) in [6.45, 7) is 2.18. The topological polar surface area (TPSA) is 63.0 Å². The van der Waals surface area contributed by atoms with Crippen LogP contribution in [0, 0.1) is 11.3 Å². The van der Waals surface area contributed by atoms with Crippen molar-refractivity contribution in [3.8, 4) is 17.2 Å². The molecule has 0 aliphatic rings. The molecular formula is C19H20N2O2. The van der Waals surface area contributed by atoms with Gasteiger partial charge in [0, 0.05) is 11.8 Å². The molecule has 0 fully saturated rings. The van der Waals surface area contributed by atoms with Crippen molar-refractivity contribution < 1.29 is 9.53 Å². The van der Waals surface area contributed by atoms with E-state index < -0.39 is 5.97 Å². The molecule has 0 N–H and O–H groups in total. The van der Waals surface area contributed by atoms with Crippen LogP contribution in [0.2, 0.25) is 0 Å². The number of pyridine rings is 1. The van der Waals surface area contributed by atoms with E-state index in [1.54, 1.807) is 6.20 Å². The van der Waals surface area contributed by atoms with E-state index in [-0.39, 0.29) is 12.1 Å². The zero-order valence-corrected chi connectivity index (χ0v) is 13.5. The van der Waals surface area contributed by atoms with Gasteiger partial charge >= 0.3 is 5.97 Å². The number of carbonyl (C=O) groups excluding carboxylic acids is 1. The molecule has 2 aromatic rings. The Morgan fingerprint density at radius 1 is 1.26 bits per heavy atom. The normalized spacial score (nSPS) is 10.1. The second kappa shape index (κ2) is 8.09. The largest absolute Gasteiger partial charge is 0.464 e. The average Bonchev–Trinajstić information content (AvgIpc) is 2.60. The van der Waals surface area contributed by atoms with Crippen molar-refractivity contribution in [2.24, 2.45) is 0 Å². The summed E-state index contributed by atoms with van der Waals surface area (Å²) >= 11 is 0. The monoisotopic (exact) mass is 308 g/mol. The number of esters is 1. The van der Waals surface area contributed by atoms with E-state index in [1.165, 1.54) is 25.5 Å². The number of carbonyl (C=O) groups is 1. The lowest BCUT2D eigenvalue weighted by atomic mass is 10.00. The molecule has 0 radical (unpaired) electrons. The fraction of sp³-hybridized carbons (Fsp3) is 0.316. The van der Waals surface area contributed by atoms with Crippen molar-refractivity contribution in [2.75, 3.05) is 7.11 Å². The lowest BCUT2D eigenvalue weighted by Crippen LogP contribution is -2.08. The number of aryl methyl sites for hydroxylation is 1. The minimum absolute atomic E-state index is 0.125. The van der Waals surface area contributed by atoms with Gasteiger partial charge < -0.3 is 4.74 Å². The minimum Gasteiger partial charge on any atom is -0.464 e. The molecule has 0 spiro atoms. The SMILES string of the molecule is CCCCc1ccc(-c2cnc(C(=O)OC)c(CC#N)c2)cc1. The zero-order chi connectivity index (χ0) is 16.7. The van der Waals surface area contributed by atoms with E-state index in [4.69, 9.17) is 10.00 Å². The fourth-order valence-electron chi connectivity index (χ4n) is 2.41. The van der Waals surface area contributed by atoms with Gasteiger partial charge in [-0.2, -0.15) is 5.26 Å². The number of aromatic nitrogens is 1. The number of ether oxygens (including phenoxy) is 1. The Balaban J connectivity index is 2.31. The Morgan fingerprint density at radius 3 is 2.61 bits per heavy atom. The van der Waals surface area contributed by atoms with E-state index in [2.05, 4.69) is 42.2 Å². The Hall–Kier alpha value is -2.67. The van der Waals surface area contributed by atoms with Gasteiger partial charge in [0.25, 0.3) is 0 Å². The molecule has 4 nitrogen and oxygen atoms in total. The molecule has 1 aromatic carbocycles. The first-order chi connectivity index (χ1) is 11.2. The zero-order valence-electron chi connectivity index (χ0n) is 13.5. The molecule has 1 aromatic heterocycles. The van der Waals surface area contributed by atoms with Gasteiger partial charge in [0.1, 0.15) is 0 Å². The molecule has 1 heterocycles. The standard InChI is InChI=1S/C19H20N2O2/c1-3-4-5-14-6-8-15(9-7-14)17-12-16(10-11-20)18(21-13-17)19(22)23-2/h6-9,12-13H,3-5,10H2,1-2H3. The van der Waals surface area contributed by atoms with Gasteiger partial charge in [0.2, 0.25) is 0 Å². The number of unbranched alkanes of at least 4 members (excludes halogenated alkanes) is 1. The first-order valence-corrected chi connectivity index (χ1v) is 7.73. The van der Waals surface area contributed by atoms with E-state index in [9.17, 15) is 4.79 Å². The Kier molecular flexibility index (Phi) is 5.87. The van der Waals surface area contributed by atoms with Crippen LogP contribution in [0.25, 0.3) is 11.1 Å². The smallest absolute Gasteiger partial charge is 0.356 e. The molecule has 0 amide bonds. The highest BCUT2D eigenvalue weighted by Gasteiger charge is 2.14. The summed E-state index contributed by atoms with van der Waals surface area (Å²) < 4.78 is 4.71. The van der Waals surface area contributed by atoms with Crippen LogP contribution in [0.15, 0.2) is 36.5 Å². The number of hydrogen-bond donors (Lipinski definition) is 0. The van der Waals surface area contributed by atoms with E-state index in [0.29, 0.717) is 5.56 Å². The maximum absolute atomic E-state index is 11.7. The summed E-state index contributed by atoms with van der Waals surface area (Å²) in [7, 11) is 1.31. The number of nitriles is 1. The van der Waals surface area contributed by atoms with Gasteiger partial charge in [-0.25, -0.2) is 9.78 Å². The number of benzene rings is 1. The van der Waals surface area contributed by atoms with Crippen LogP contribution in [0.4, 0.5) is 0 Å². The lowest BCUT2D eigenvalue weighted by molar-refractivity contribution is 0.0593. The van der Waals surface area contributed by atoms with E-state index in [0.717, 1.165) is 17.5 Å². The van der Waals surface area contributed by atoms with E-state index in [1.807, 2.05) is 6.07 Å². The predicted molar refractivity (Wildman–Crippen MR) is 88.9 cm³/mol. The summed E-state index contributed by atoms with van der Waals surface area (Å²) in [4.78, 5) is 15.9. The molecule has 4 heteroatoms. The van der Waals surface area contributed by atoms with Gasteiger partial charge in [-0.1, -0.05) is 37.6 Å². The molecule has 0 atom stereocenters.